The monoisotopic (exact) mass is 506 g/mol. The van der Waals surface area contributed by atoms with Gasteiger partial charge in [0, 0.05) is 18.7 Å². The number of amides is 1. The minimum atomic E-state index is -0.749. The Morgan fingerprint density at radius 1 is 1.17 bits per heavy atom. The van der Waals surface area contributed by atoms with Crippen LogP contribution in [0.1, 0.15) is 47.2 Å². The van der Waals surface area contributed by atoms with Crippen molar-refractivity contribution in [1.29, 1.82) is 0 Å². The Morgan fingerprint density at radius 3 is 2.61 bits per heavy atom. The Bertz CT molecular complexity index is 1280. The first-order valence-electron chi connectivity index (χ1n) is 11.9. The van der Waals surface area contributed by atoms with Crippen molar-refractivity contribution in [3.05, 3.63) is 82.1 Å². The zero-order chi connectivity index (χ0) is 25.8. The SMILES string of the molecule is COc1cccc(C2C(C(=O)c3sc(-c4ccccc4)nc3C)=C(O)C(=O)N2CCCOC(C)C)c1. The maximum absolute atomic E-state index is 13.9. The summed E-state index contributed by atoms with van der Waals surface area (Å²) in [5.41, 5.74) is 2.21. The summed E-state index contributed by atoms with van der Waals surface area (Å²) in [6.07, 6.45) is 0.641. The van der Waals surface area contributed by atoms with Crippen molar-refractivity contribution in [2.75, 3.05) is 20.3 Å². The highest BCUT2D eigenvalue weighted by Gasteiger charge is 2.44. The molecule has 188 valence electrons. The lowest BCUT2D eigenvalue weighted by atomic mass is 9.95. The van der Waals surface area contributed by atoms with Gasteiger partial charge in [-0.25, -0.2) is 4.98 Å². The van der Waals surface area contributed by atoms with E-state index in [1.165, 1.54) is 16.2 Å². The minimum Gasteiger partial charge on any atom is -0.503 e. The molecule has 2 aromatic carbocycles. The van der Waals surface area contributed by atoms with Crippen LogP contribution in [0.25, 0.3) is 10.6 Å². The summed E-state index contributed by atoms with van der Waals surface area (Å²) >= 11 is 1.26. The normalized spacial score (nSPS) is 15.8. The summed E-state index contributed by atoms with van der Waals surface area (Å²) in [5, 5.41) is 11.7. The number of carbonyl (C=O) groups is 2. The first-order valence-corrected chi connectivity index (χ1v) is 12.7. The number of thiazole rings is 1. The van der Waals surface area contributed by atoms with Crippen molar-refractivity contribution in [2.45, 2.75) is 39.3 Å². The van der Waals surface area contributed by atoms with E-state index in [0.29, 0.717) is 46.5 Å². The van der Waals surface area contributed by atoms with E-state index in [4.69, 9.17) is 9.47 Å². The van der Waals surface area contributed by atoms with E-state index in [1.807, 2.05) is 56.3 Å². The Balaban J connectivity index is 1.72. The predicted octanol–water partition coefficient (Wildman–Crippen LogP) is 5.52. The molecule has 1 amide bonds. The number of rotatable bonds is 10. The number of aromatic nitrogens is 1. The molecule has 0 saturated heterocycles. The van der Waals surface area contributed by atoms with Crippen LogP contribution in [0.3, 0.4) is 0 Å². The number of aliphatic hydroxyl groups is 1. The van der Waals surface area contributed by atoms with Crippen LogP contribution in [0, 0.1) is 6.92 Å². The minimum absolute atomic E-state index is 0.0596. The van der Waals surface area contributed by atoms with Crippen molar-refractivity contribution in [3.63, 3.8) is 0 Å². The summed E-state index contributed by atoms with van der Waals surface area (Å²) in [7, 11) is 1.56. The molecule has 1 aliphatic heterocycles. The molecule has 1 N–H and O–H groups in total. The molecule has 1 atom stereocenters. The number of ether oxygens (including phenoxy) is 2. The molecule has 0 fully saturated rings. The lowest BCUT2D eigenvalue weighted by molar-refractivity contribution is -0.129. The van der Waals surface area contributed by atoms with Gasteiger partial charge in [-0.2, -0.15) is 0 Å². The molecule has 36 heavy (non-hydrogen) atoms. The summed E-state index contributed by atoms with van der Waals surface area (Å²) in [6.45, 7) is 6.46. The number of nitrogens with zero attached hydrogens (tertiary/aromatic N) is 2. The lowest BCUT2D eigenvalue weighted by Gasteiger charge is -2.27. The molecule has 0 saturated carbocycles. The molecule has 1 unspecified atom stereocenters. The van der Waals surface area contributed by atoms with E-state index in [2.05, 4.69) is 4.98 Å². The highest BCUT2D eigenvalue weighted by molar-refractivity contribution is 7.17. The lowest BCUT2D eigenvalue weighted by Crippen LogP contribution is -2.32. The molecule has 1 aromatic heterocycles. The van der Waals surface area contributed by atoms with Gasteiger partial charge in [0.25, 0.3) is 5.91 Å². The summed E-state index contributed by atoms with van der Waals surface area (Å²) < 4.78 is 11.0. The number of hydrogen-bond acceptors (Lipinski definition) is 7. The van der Waals surface area contributed by atoms with Crippen LogP contribution in [-0.2, 0) is 9.53 Å². The number of hydrogen-bond donors (Lipinski definition) is 1. The van der Waals surface area contributed by atoms with Gasteiger partial charge in [0.1, 0.15) is 10.8 Å². The number of benzene rings is 2. The van der Waals surface area contributed by atoms with Gasteiger partial charge in [0.2, 0.25) is 5.78 Å². The Hall–Kier alpha value is -3.49. The molecule has 1 aliphatic rings. The van der Waals surface area contributed by atoms with Gasteiger partial charge < -0.3 is 19.5 Å². The smallest absolute Gasteiger partial charge is 0.290 e. The number of carbonyl (C=O) groups excluding carboxylic acids is 2. The Morgan fingerprint density at radius 2 is 1.92 bits per heavy atom. The van der Waals surface area contributed by atoms with Crippen LogP contribution >= 0.6 is 11.3 Å². The van der Waals surface area contributed by atoms with Gasteiger partial charge in [0.15, 0.2) is 5.76 Å². The zero-order valence-electron chi connectivity index (χ0n) is 20.9. The molecule has 0 bridgehead atoms. The van der Waals surface area contributed by atoms with Crippen LogP contribution in [0.15, 0.2) is 65.9 Å². The van der Waals surface area contributed by atoms with Crippen molar-refractivity contribution in [1.82, 2.24) is 9.88 Å². The maximum Gasteiger partial charge on any atom is 0.290 e. The van der Waals surface area contributed by atoms with Gasteiger partial charge in [-0.3, -0.25) is 9.59 Å². The number of methoxy groups -OCH3 is 1. The standard InChI is InChI=1S/C28H30N2O5S/c1-17(2)35-15-9-14-30-23(20-12-8-13-21(16-20)34-4)22(25(32)28(30)33)24(31)26-18(3)29-27(36-26)19-10-6-5-7-11-19/h5-8,10-13,16-17,23,32H,9,14-15H2,1-4H3. The molecule has 4 rings (SSSR count). The largest absolute Gasteiger partial charge is 0.503 e. The van der Waals surface area contributed by atoms with Crippen molar-refractivity contribution in [2.24, 2.45) is 0 Å². The molecule has 8 heteroatoms. The van der Waals surface area contributed by atoms with Crippen LogP contribution in [0.5, 0.6) is 5.75 Å². The molecule has 0 radical (unpaired) electrons. The van der Waals surface area contributed by atoms with Gasteiger partial charge >= 0.3 is 0 Å². The van der Waals surface area contributed by atoms with Crippen molar-refractivity contribution >= 4 is 23.0 Å². The van der Waals surface area contributed by atoms with E-state index < -0.39 is 23.5 Å². The molecule has 7 nitrogen and oxygen atoms in total. The molecule has 2 heterocycles. The summed E-state index contributed by atoms with van der Waals surface area (Å²) in [6, 6.07) is 16.1. The fourth-order valence-electron chi connectivity index (χ4n) is 4.26. The van der Waals surface area contributed by atoms with Crippen LogP contribution < -0.4 is 4.74 Å². The third-order valence-corrected chi connectivity index (χ3v) is 7.18. The third-order valence-electron chi connectivity index (χ3n) is 5.98. The summed E-state index contributed by atoms with van der Waals surface area (Å²) in [5.74, 6) is -0.888. The van der Waals surface area contributed by atoms with Crippen LogP contribution in [-0.4, -0.2) is 53.0 Å². The average Bonchev–Trinajstić information content (AvgIpc) is 3.39. The van der Waals surface area contributed by atoms with Crippen molar-refractivity contribution < 1.29 is 24.2 Å². The fraction of sp³-hybridized carbons (Fsp3) is 0.321. The first kappa shape index (κ1) is 25.6. The van der Waals surface area contributed by atoms with Gasteiger partial charge in [-0.1, -0.05) is 42.5 Å². The van der Waals surface area contributed by atoms with Gasteiger partial charge in [-0.05, 0) is 44.9 Å². The Labute approximate surface area is 215 Å². The number of Topliss-reactive ketones (excluding diaryl/α,β-unsaturated/α-hetero) is 1. The number of aliphatic hydroxyl groups excluding tert-OH is 1. The summed E-state index contributed by atoms with van der Waals surface area (Å²) in [4.78, 5) is 33.6. The molecule has 0 aliphatic carbocycles. The first-order chi connectivity index (χ1) is 17.3. The number of ketones is 1. The second kappa shape index (κ2) is 11.1. The van der Waals surface area contributed by atoms with Crippen LogP contribution in [0.2, 0.25) is 0 Å². The predicted molar refractivity (Wildman–Crippen MR) is 139 cm³/mol. The van der Waals surface area contributed by atoms with E-state index >= 15 is 0 Å². The molecular formula is C28H30N2O5S. The second-order valence-corrected chi connectivity index (χ2v) is 9.84. The quantitative estimate of drug-likeness (QED) is 0.288. The molecule has 0 spiro atoms. The van der Waals surface area contributed by atoms with Crippen LogP contribution in [0.4, 0.5) is 0 Å². The average molecular weight is 507 g/mol. The second-order valence-electron chi connectivity index (χ2n) is 8.84. The third kappa shape index (κ3) is 5.20. The number of aryl methyl sites for hydroxylation is 1. The topological polar surface area (TPSA) is 89.0 Å². The van der Waals surface area contributed by atoms with Gasteiger partial charge in [-0.15, -0.1) is 11.3 Å². The van der Waals surface area contributed by atoms with E-state index in [1.54, 1.807) is 26.2 Å². The Kier molecular flexibility index (Phi) is 7.86. The molecule has 3 aromatic rings. The van der Waals surface area contributed by atoms with Gasteiger partial charge in [0.05, 0.1) is 35.4 Å². The van der Waals surface area contributed by atoms with Crippen molar-refractivity contribution in [3.8, 4) is 16.3 Å². The van der Waals surface area contributed by atoms with E-state index in [-0.39, 0.29) is 11.7 Å². The van der Waals surface area contributed by atoms with E-state index in [0.717, 1.165) is 5.56 Å². The fourth-order valence-corrected chi connectivity index (χ4v) is 5.29. The maximum atomic E-state index is 13.9. The highest BCUT2D eigenvalue weighted by atomic mass is 32.1. The molecular weight excluding hydrogens is 476 g/mol. The highest BCUT2D eigenvalue weighted by Crippen LogP contribution is 2.41. The zero-order valence-corrected chi connectivity index (χ0v) is 21.7. The van der Waals surface area contributed by atoms with E-state index in [9.17, 15) is 14.7 Å².